The highest BCUT2D eigenvalue weighted by atomic mass is 16.2. The third-order valence-electron chi connectivity index (χ3n) is 4.61. The van der Waals surface area contributed by atoms with Crippen molar-refractivity contribution in [3.05, 3.63) is 0 Å². The first kappa shape index (κ1) is 14.9. The molecule has 3 nitrogen and oxygen atoms in total. The molecule has 2 aliphatic rings. The standard InChI is InChI=1S/C13H26N2.CH4O/c14-12(11-7-3-1-4-8-11)13(15)9-5-2-6-10-13;1-2/h11-12H,1-10,14-15H2;2H,1H3. The van der Waals surface area contributed by atoms with E-state index >= 15 is 0 Å². The largest absolute Gasteiger partial charge is 0.400 e. The summed E-state index contributed by atoms with van der Waals surface area (Å²) in [7, 11) is 1.00. The Kier molecular flexibility index (Phi) is 6.45. The van der Waals surface area contributed by atoms with Crippen molar-refractivity contribution in [1.29, 1.82) is 0 Å². The van der Waals surface area contributed by atoms with Gasteiger partial charge in [-0.15, -0.1) is 0 Å². The molecule has 0 bridgehead atoms. The number of hydrogen-bond acceptors (Lipinski definition) is 3. The maximum atomic E-state index is 7.00. The second-order valence-electron chi connectivity index (χ2n) is 5.72. The van der Waals surface area contributed by atoms with Gasteiger partial charge in [0.15, 0.2) is 0 Å². The van der Waals surface area contributed by atoms with E-state index in [1.54, 1.807) is 0 Å². The second kappa shape index (κ2) is 7.34. The molecule has 2 fully saturated rings. The van der Waals surface area contributed by atoms with Gasteiger partial charge in [-0.25, -0.2) is 0 Å². The van der Waals surface area contributed by atoms with Gasteiger partial charge in [0.25, 0.3) is 0 Å². The topological polar surface area (TPSA) is 72.3 Å². The molecule has 1 unspecified atom stereocenters. The van der Waals surface area contributed by atoms with Gasteiger partial charge in [0.1, 0.15) is 0 Å². The van der Waals surface area contributed by atoms with Crippen LogP contribution in [0.4, 0.5) is 0 Å². The Morgan fingerprint density at radius 2 is 1.41 bits per heavy atom. The number of hydrogen-bond donors (Lipinski definition) is 3. The van der Waals surface area contributed by atoms with Gasteiger partial charge in [0.2, 0.25) is 0 Å². The van der Waals surface area contributed by atoms with Gasteiger partial charge in [-0.3, -0.25) is 0 Å². The first-order valence-corrected chi connectivity index (χ1v) is 7.21. The number of nitrogens with two attached hydrogens (primary N) is 2. The first-order valence-electron chi connectivity index (χ1n) is 7.21. The second-order valence-corrected chi connectivity index (χ2v) is 5.72. The van der Waals surface area contributed by atoms with E-state index in [1.165, 1.54) is 51.4 Å². The lowest BCUT2D eigenvalue weighted by molar-refractivity contribution is 0.170. The van der Waals surface area contributed by atoms with Crippen molar-refractivity contribution in [3.8, 4) is 0 Å². The Hall–Kier alpha value is -0.120. The molecule has 0 heterocycles. The van der Waals surface area contributed by atoms with E-state index in [4.69, 9.17) is 16.6 Å². The molecule has 0 aliphatic heterocycles. The summed E-state index contributed by atoms with van der Waals surface area (Å²) in [5.74, 6) is 0.710. The lowest BCUT2D eigenvalue weighted by Gasteiger charge is -2.43. The van der Waals surface area contributed by atoms with E-state index in [9.17, 15) is 0 Å². The number of aliphatic hydroxyl groups is 1. The van der Waals surface area contributed by atoms with E-state index in [-0.39, 0.29) is 11.6 Å². The molecule has 0 aromatic heterocycles. The van der Waals surface area contributed by atoms with Crippen LogP contribution < -0.4 is 11.5 Å². The molecular formula is C14H30N2O. The summed E-state index contributed by atoms with van der Waals surface area (Å²) < 4.78 is 0. The third-order valence-corrected chi connectivity index (χ3v) is 4.61. The zero-order chi connectivity index (χ0) is 12.7. The highest BCUT2D eigenvalue weighted by Gasteiger charge is 2.38. The van der Waals surface area contributed by atoms with Gasteiger partial charge in [-0.2, -0.15) is 0 Å². The van der Waals surface area contributed by atoms with E-state index in [0.29, 0.717) is 5.92 Å². The smallest absolute Gasteiger partial charge is 0.0319 e. The Balaban J connectivity index is 0.000000686. The van der Waals surface area contributed by atoms with Crippen molar-refractivity contribution in [1.82, 2.24) is 0 Å². The van der Waals surface area contributed by atoms with Crippen LogP contribution in [0, 0.1) is 5.92 Å². The molecule has 5 N–H and O–H groups in total. The molecule has 2 aliphatic carbocycles. The molecule has 2 saturated carbocycles. The van der Waals surface area contributed by atoms with Gasteiger partial charge in [0, 0.05) is 18.7 Å². The summed E-state index contributed by atoms with van der Waals surface area (Å²) in [6, 6.07) is 0.262. The summed E-state index contributed by atoms with van der Waals surface area (Å²) in [5.41, 5.74) is 12.9. The van der Waals surface area contributed by atoms with Crippen LogP contribution in [0.1, 0.15) is 64.2 Å². The van der Waals surface area contributed by atoms with E-state index in [1.807, 2.05) is 0 Å². The summed E-state index contributed by atoms with van der Waals surface area (Å²) in [5, 5.41) is 7.00. The molecule has 0 saturated heterocycles. The van der Waals surface area contributed by atoms with Crippen molar-refractivity contribution in [2.45, 2.75) is 75.8 Å². The highest BCUT2D eigenvalue weighted by molar-refractivity contribution is 4.99. The average Bonchev–Trinajstić information content (AvgIpc) is 2.42. The zero-order valence-corrected chi connectivity index (χ0v) is 11.3. The fourth-order valence-corrected chi connectivity index (χ4v) is 3.51. The van der Waals surface area contributed by atoms with Crippen molar-refractivity contribution < 1.29 is 5.11 Å². The fourth-order valence-electron chi connectivity index (χ4n) is 3.51. The molecule has 0 radical (unpaired) electrons. The maximum absolute atomic E-state index is 7.00. The van der Waals surface area contributed by atoms with Crippen LogP contribution in [0.3, 0.4) is 0 Å². The van der Waals surface area contributed by atoms with Gasteiger partial charge < -0.3 is 16.6 Å². The molecule has 2 rings (SSSR count). The van der Waals surface area contributed by atoms with E-state index in [0.717, 1.165) is 20.0 Å². The Labute approximate surface area is 106 Å². The quantitative estimate of drug-likeness (QED) is 0.695. The predicted octanol–water partition coefficient (Wildman–Crippen LogP) is 2.16. The summed E-state index contributed by atoms with van der Waals surface area (Å²) in [4.78, 5) is 0. The molecule has 0 aromatic rings. The lowest BCUT2D eigenvalue weighted by atomic mass is 9.70. The summed E-state index contributed by atoms with van der Waals surface area (Å²) >= 11 is 0. The third kappa shape index (κ3) is 3.94. The Morgan fingerprint density at radius 3 is 1.94 bits per heavy atom. The predicted molar refractivity (Wildman–Crippen MR) is 72.7 cm³/mol. The molecule has 102 valence electrons. The lowest BCUT2D eigenvalue weighted by Crippen LogP contribution is -2.59. The number of rotatable bonds is 2. The van der Waals surface area contributed by atoms with Crippen LogP contribution in [0.25, 0.3) is 0 Å². The van der Waals surface area contributed by atoms with Crippen LogP contribution in [0.2, 0.25) is 0 Å². The Morgan fingerprint density at radius 1 is 0.941 bits per heavy atom. The molecule has 0 amide bonds. The molecule has 1 atom stereocenters. The van der Waals surface area contributed by atoms with Crippen LogP contribution in [0.15, 0.2) is 0 Å². The van der Waals surface area contributed by atoms with Crippen molar-refractivity contribution in [3.63, 3.8) is 0 Å². The molecule has 17 heavy (non-hydrogen) atoms. The first-order chi connectivity index (χ1) is 8.22. The van der Waals surface area contributed by atoms with E-state index < -0.39 is 0 Å². The van der Waals surface area contributed by atoms with Crippen LogP contribution in [-0.4, -0.2) is 23.8 Å². The van der Waals surface area contributed by atoms with Crippen LogP contribution in [-0.2, 0) is 0 Å². The van der Waals surface area contributed by atoms with Crippen LogP contribution in [0.5, 0.6) is 0 Å². The fraction of sp³-hybridized carbons (Fsp3) is 1.00. The minimum absolute atomic E-state index is 0.0275. The zero-order valence-electron chi connectivity index (χ0n) is 11.3. The Bertz CT molecular complexity index is 196. The van der Waals surface area contributed by atoms with Crippen molar-refractivity contribution in [2.75, 3.05) is 7.11 Å². The summed E-state index contributed by atoms with van der Waals surface area (Å²) in [6.07, 6.45) is 13.0. The minimum atomic E-state index is -0.0275. The van der Waals surface area contributed by atoms with Crippen molar-refractivity contribution in [2.24, 2.45) is 17.4 Å². The normalized spacial score (nSPS) is 26.8. The van der Waals surface area contributed by atoms with Crippen LogP contribution >= 0.6 is 0 Å². The number of aliphatic hydroxyl groups excluding tert-OH is 1. The maximum Gasteiger partial charge on any atom is 0.0319 e. The minimum Gasteiger partial charge on any atom is -0.400 e. The summed E-state index contributed by atoms with van der Waals surface area (Å²) in [6.45, 7) is 0. The molecule has 0 aromatic carbocycles. The SMILES string of the molecule is CO.NC(C1CCCCC1)C1(N)CCCCC1. The molecular weight excluding hydrogens is 212 g/mol. The molecule has 3 heteroatoms. The van der Waals surface area contributed by atoms with E-state index in [2.05, 4.69) is 0 Å². The molecule has 0 spiro atoms. The van der Waals surface area contributed by atoms with Gasteiger partial charge in [-0.1, -0.05) is 38.5 Å². The van der Waals surface area contributed by atoms with Crippen molar-refractivity contribution >= 4 is 0 Å². The average molecular weight is 242 g/mol. The highest BCUT2D eigenvalue weighted by Crippen LogP contribution is 2.35. The monoisotopic (exact) mass is 242 g/mol. The van der Waals surface area contributed by atoms with Gasteiger partial charge in [0.05, 0.1) is 0 Å². The van der Waals surface area contributed by atoms with Gasteiger partial charge >= 0.3 is 0 Å². The van der Waals surface area contributed by atoms with Gasteiger partial charge in [-0.05, 0) is 31.6 Å².